The Balaban J connectivity index is 1.53. The first-order chi connectivity index (χ1) is 14.9. The first kappa shape index (κ1) is 20.6. The van der Waals surface area contributed by atoms with Gasteiger partial charge in [0.05, 0.1) is 16.1 Å². The second-order valence-corrected chi connectivity index (χ2v) is 8.21. The summed E-state index contributed by atoms with van der Waals surface area (Å²) in [7, 11) is 0. The number of nitrogens with two attached hydrogens (primary N) is 1. The molecule has 2 aromatic heterocycles. The highest BCUT2D eigenvalue weighted by molar-refractivity contribution is 7.99. The highest BCUT2D eigenvalue weighted by atomic mass is 32.2. The van der Waals surface area contributed by atoms with Crippen molar-refractivity contribution in [3.8, 4) is 11.1 Å². The zero-order valence-corrected chi connectivity index (χ0v) is 17.5. The maximum absolute atomic E-state index is 12.9. The number of nitro benzene ring substituents is 1. The van der Waals surface area contributed by atoms with Crippen LogP contribution in [-0.2, 0) is 4.79 Å². The molecule has 0 aliphatic rings. The maximum atomic E-state index is 12.9. The number of rotatable bonds is 6. The van der Waals surface area contributed by atoms with Gasteiger partial charge in [-0.05, 0) is 11.6 Å². The number of hydrogen-bond donors (Lipinski definition) is 2. The highest BCUT2D eigenvalue weighted by Gasteiger charge is 2.17. The fourth-order valence-corrected chi connectivity index (χ4v) is 4.65. The number of thioether (sulfide) groups is 1. The summed E-state index contributed by atoms with van der Waals surface area (Å²) in [4.78, 5) is 40.4. The van der Waals surface area contributed by atoms with Crippen LogP contribution < -0.4 is 16.7 Å². The van der Waals surface area contributed by atoms with Gasteiger partial charge >= 0.3 is 0 Å². The van der Waals surface area contributed by atoms with Crippen molar-refractivity contribution in [2.24, 2.45) is 0 Å². The number of carbonyl (C=O) groups is 1. The van der Waals surface area contributed by atoms with E-state index in [-0.39, 0.29) is 16.6 Å². The van der Waals surface area contributed by atoms with E-state index in [4.69, 9.17) is 5.84 Å². The van der Waals surface area contributed by atoms with Crippen LogP contribution in [0.5, 0.6) is 0 Å². The molecule has 0 saturated carbocycles. The minimum atomic E-state index is -0.540. The number of hydrogen-bond acceptors (Lipinski definition) is 8. The van der Waals surface area contributed by atoms with Crippen molar-refractivity contribution in [2.75, 3.05) is 16.9 Å². The second kappa shape index (κ2) is 8.58. The Morgan fingerprint density at radius 3 is 2.74 bits per heavy atom. The van der Waals surface area contributed by atoms with Crippen molar-refractivity contribution in [3.63, 3.8) is 0 Å². The molecule has 2 aromatic carbocycles. The van der Waals surface area contributed by atoms with E-state index in [0.29, 0.717) is 15.9 Å². The molecule has 4 aromatic rings. The summed E-state index contributed by atoms with van der Waals surface area (Å²) < 4.78 is 0.937. The molecule has 1 amide bonds. The van der Waals surface area contributed by atoms with Gasteiger partial charge in [0, 0.05) is 28.8 Å². The lowest BCUT2D eigenvalue weighted by molar-refractivity contribution is -0.384. The molecule has 0 fully saturated rings. The molecule has 11 heteroatoms. The van der Waals surface area contributed by atoms with E-state index in [1.54, 1.807) is 6.07 Å². The van der Waals surface area contributed by atoms with Gasteiger partial charge in [0.2, 0.25) is 5.91 Å². The number of carbonyl (C=O) groups excluding carboxylic acids is 1. The number of benzene rings is 2. The Labute approximate surface area is 183 Å². The summed E-state index contributed by atoms with van der Waals surface area (Å²) in [6, 6.07) is 15.1. The van der Waals surface area contributed by atoms with Crippen LogP contribution in [0.3, 0.4) is 0 Å². The van der Waals surface area contributed by atoms with Crippen LogP contribution in [0.2, 0.25) is 0 Å². The summed E-state index contributed by atoms with van der Waals surface area (Å²) in [6.45, 7) is 0. The molecule has 156 valence electrons. The minimum absolute atomic E-state index is 0.0746. The largest absolute Gasteiger partial charge is 0.334 e. The lowest BCUT2D eigenvalue weighted by atomic mass is 10.1. The van der Waals surface area contributed by atoms with Crippen LogP contribution in [0.25, 0.3) is 21.3 Å². The third-order valence-corrected chi connectivity index (χ3v) is 6.19. The summed E-state index contributed by atoms with van der Waals surface area (Å²) in [5.41, 5.74) is 1.44. The predicted octanol–water partition coefficient (Wildman–Crippen LogP) is 3.48. The molecule has 0 bridgehead atoms. The molecule has 0 aliphatic heterocycles. The Kier molecular flexibility index (Phi) is 5.69. The number of nitrogens with one attached hydrogen (secondary N) is 1. The molecule has 31 heavy (non-hydrogen) atoms. The molecule has 0 unspecified atom stereocenters. The average molecular weight is 454 g/mol. The van der Waals surface area contributed by atoms with E-state index in [0.717, 1.165) is 27.6 Å². The molecular weight excluding hydrogens is 438 g/mol. The van der Waals surface area contributed by atoms with E-state index < -0.39 is 16.4 Å². The second-order valence-electron chi connectivity index (χ2n) is 6.41. The van der Waals surface area contributed by atoms with Crippen LogP contribution in [0.4, 0.5) is 11.4 Å². The Hall–Kier alpha value is -3.70. The quantitative estimate of drug-likeness (QED) is 0.150. The summed E-state index contributed by atoms with van der Waals surface area (Å²) in [5, 5.41) is 15.9. The van der Waals surface area contributed by atoms with E-state index >= 15 is 0 Å². The molecule has 3 N–H and O–H groups in total. The zero-order chi connectivity index (χ0) is 22.0. The number of aromatic nitrogens is 2. The van der Waals surface area contributed by atoms with Crippen molar-refractivity contribution in [1.82, 2.24) is 9.66 Å². The van der Waals surface area contributed by atoms with E-state index in [2.05, 4.69) is 10.3 Å². The van der Waals surface area contributed by atoms with Crippen LogP contribution in [-0.4, -0.2) is 26.2 Å². The Morgan fingerprint density at radius 2 is 2.00 bits per heavy atom. The van der Waals surface area contributed by atoms with Crippen molar-refractivity contribution >= 4 is 50.6 Å². The summed E-state index contributed by atoms with van der Waals surface area (Å²) in [6.07, 6.45) is 0. The smallest absolute Gasteiger partial charge is 0.282 e. The van der Waals surface area contributed by atoms with Crippen LogP contribution in [0.1, 0.15) is 0 Å². The number of thiophene rings is 1. The number of amides is 1. The van der Waals surface area contributed by atoms with Gasteiger partial charge < -0.3 is 11.2 Å². The standard InChI is InChI=1S/C20H15N5O4S2/c21-24-19(27)17-15(12-5-2-1-3-6-12)10-30-18(17)23-20(24)31-11-16(26)22-13-7-4-8-14(9-13)25(28)29/h1-10H,11,21H2,(H,22,26). The van der Waals surface area contributed by atoms with E-state index in [1.807, 2.05) is 35.7 Å². The normalized spacial score (nSPS) is 10.8. The topological polar surface area (TPSA) is 133 Å². The predicted molar refractivity (Wildman–Crippen MR) is 122 cm³/mol. The molecule has 2 heterocycles. The fourth-order valence-electron chi connectivity index (χ4n) is 2.94. The SMILES string of the molecule is Nn1c(SCC(=O)Nc2cccc([N+](=O)[O-])c2)nc2scc(-c3ccccc3)c2c1=O. The number of anilines is 1. The van der Waals surface area contributed by atoms with Crippen molar-refractivity contribution in [1.29, 1.82) is 0 Å². The van der Waals surface area contributed by atoms with Gasteiger partial charge in [-0.1, -0.05) is 48.2 Å². The molecule has 4 rings (SSSR count). The van der Waals surface area contributed by atoms with Crippen LogP contribution in [0, 0.1) is 10.1 Å². The van der Waals surface area contributed by atoms with Gasteiger partial charge in [0.15, 0.2) is 5.16 Å². The Morgan fingerprint density at radius 1 is 1.23 bits per heavy atom. The first-order valence-corrected chi connectivity index (χ1v) is 10.8. The maximum Gasteiger partial charge on any atom is 0.282 e. The lowest BCUT2D eigenvalue weighted by Gasteiger charge is -2.08. The lowest BCUT2D eigenvalue weighted by Crippen LogP contribution is -2.30. The fraction of sp³-hybridized carbons (Fsp3) is 0.0500. The third kappa shape index (κ3) is 4.27. The highest BCUT2D eigenvalue weighted by Crippen LogP contribution is 2.31. The molecule has 9 nitrogen and oxygen atoms in total. The number of nitrogens with zero attached hydrogens (tertiary/aromatic N) is 3. The minimum Gasteiger partial charge on any atom is -0.334 e. The van der Waals surface area contributed by atoms with Crippen LogP contribution in [0.15, 0.2) is 69.9 Å². The monoisotopic (exact) mass is 453 g/mol. The molecular formula is C20H15N5O4S2. The van der Waals surface area contributed by atoms with Crippen molar-refractivity contribution < 1.29 is 9.72 Å². The zero-order valence-electron chi connectivity index (χ0n) is 15.8. The van der Waals surface area contributed by atoms with Gasteiger partial charge in [-0.15, -0.1) is 11.3 Å². The molecule has 0 radical (unpaired) electrons. The first-order valence-electron chi connectivity index (χ1n) is 8.96. The van der Waals surface area contributed by atoms with Crippen molar-refractivity contribution in [3.05, 3.63) is 80.4 Å². The number of nitro groups is 1. The molecule has 0 saturated heterocycles. The number of non-ortho nitro benzene ring substituents is 1. The van der Waals surface area contributed by atoms with Crippen molar-refractivity contribution in [2.45, 2.75) is 5.16 Å². The average Bonchev–Trinajstić information content (AvgIpc) is 3.20. The van der Waals surface area contributed by atoms with E-state index in [1.165, 1.54) is 29.5 Å². The number of nitrogen functional groups attached to an aromatic ring is 1. The van der Waals surface area contributed by atoms with Gasteiger partial charge in [0.1, 0.15) is 4.83 Å². The third-order valence-electron chi connectivity index (χ3n) is 4.37. The Bertz CT molecular complexity index is 1350. The van der Waals surface area contributed by atoms with Gasteiger partial charge in [-0.25, -0.2) is 9.66 Å². The van der Waals surface area contributed by atoms with Gasteiger partial charge in [-0.2, -0.15) is 0 Å². The van der Waals surface area contributed by atoms with Gasteiger partial charge in [0.25, 0.3) is 11.2 Å². The molecule has 0 aliphatic carbocycles. The molecule has 0 atom stereocenters. The molecule has 0 spiro atoms. The van der Waals surface area contributed by atoms with E-state index in [9.17, 15) is 19.7 Å². The van der Waals surface area contributed by atoms with Crippen LogP contribution >= 0.6 is 23.1 Å². The summed E-state index contributed by atoms with van der Waals surface area (Å²) >= 11 is 2.34. The summed E-state index contributed by atoms with van der Waals surface area (Å²) in [5.74, 6) is 5.48. The number of fused-ring (bicyclic) bond motifs is 1. The van der Waals surface area contributed by atoms with Gasteiger partial charge in [-0.3, -0.25) is 19.7 Å².